The smallest absolute Gasteiger partial charge is 0.244 e. The maximum absolute atomic E-state index is 13.0. The zero-order chi connectivity index (χ0) is 20.4. The van der Waals surface area contributed by atoms with Crippen molar-refractivity contribution in [3.63, 3.8) is 0 Å². The number of nitrogens with zero attached hydrogens (tertiary/aromatic N) is 3. The molecule has 3 aromatic rings. The molecule has 1 unspecified atom stereocenters. The van der Waals surface area contributed by atoms with Crippen molar-refractivity contribution in [3.8, 4) is 11.3 Å². The number of sulfonamides is 1. The number of amides is 1. The van der Waals surface area contributed by atoms with Crippen LogP contribution in [-0.2, 0) is 14.8 Å². The zero-order valence-electron chi connectivity index (χ0n) is 15.2. The van der Waals surface area contributed by atoms with Crippen molar-refractivity contribution in [2.75, 3.05) is 11.9 Å². The number of carbonyl (C=O) groups is 1. The van der Waals surface area contributed by atoms with Crippen molar-refractivity contribution in [2.24, 2.45) is 0 Å². The molecule has 2 aromatic heterocycles. The summed E-state index contributed by atoms with van der Waals surface area (Å²) in [6.07, 6.45) is 4.42. The molecule has 150 valence electrons. The highest BCUT2D eigenvalue weighted by Crippen LogP contribution is 2.29. The Kier molecular flexibility index (Phi) is 5.64. The van der Waals surface area contributed by atoms with E-state index in [-0.39, 0.29) is 10.8 Å². The summed E-state index contributed by atoms with van der Waals surface area (Å²) in [5, 5.41) is 5.48. The molecule has 1 amide bonds. The molecule has 1 aliphatic rings. The van der Waals surface area contributed by atoms with Crippen LogP contribution in [0.25, 0.3) is 11.3 Å². The van der Waals surface area contributed by atoms with Crippen molar-refractivity contribution >= 4 is 44.0 Å². The lowest BCUT2D eigenvalue weighted by atomic mass is 10.2. The van der Waals surface area contributed by atoms with Crippen LogP contribution >= 0.6 is 22.9 Å². The number of anilines is 1. The fourth-order valence-electron chi connectivity index (χ4n) is 3.21. The van der Waals surface area contributed by atoms with Crippen molar-refractivity contribution in [3.05, 3.63) is 59.2 Å². The van der Waals surface area contributed by atoms with Gasteiger partial charge in [-0.2, -0.15) is 4.31 Å². The normalized spacial score (nSPS) is 17.3. The first-order chi connectivity index (χ1) is 13.9. The average molecular weight is 449 g/mol. The van der Waals surface area contributed by atoms with Gasteiger partial charge in [-0.05, 0) is 49.2 Å². The Balaban J connectivity index is 1.51. The van der Waals surface area contributed by atoms with E-state index in [0.29, 0.717) is 29.5 Å². The monoisotopic (exact) mass is 448 g/mol. The number of pyridine rings is 1. The number of nitrogens with one attached hydrogen (secondary N) is 1. The van der Waals surface area contributed by atoms with Gasteiger partial charge in [0.05, 0.1) is 10.6 Å². The third-order valence-corrected chi connectivity index (χ3v) is 7.57. The number of hydrogen-bond acceptors (Lipinski definition) is 6. The highest BCUT2D eigenvalue weighted by atomic mass is 35.5. The highest BCUT2D eigenvalue weighted by Gasteiger charge is 2.39. The first-order valence-corrected chi connectivity index (χ1v) is 11.6. The Hall–Kier alpha value is -2.33. The van der Waals surface area contributed by atoms with Crippen LogP contribution in [0.5, 0.6) is 0 Å². The summed E-state index contributed by atoms with van der Waals surface area (Å²) in [7, 11) is -3.79. The molecule has 0 spiro atoms. The molecule has 1 N–H and O–H groups in total. The number of rotatable bonds is 5. The molecular weight excluding hydrogens is 432 g/mol. The minimum absolute atomic E-state index is 0.121. The molecule has 10 heteroatoms. The number of carbonyl (C=O) groups excluding carboxylic acids is 1. The van der Waals surface area contributed by atoms with Crippen LogP contribution in [0.4, 0.5) is 5.13 Å². The Morgan fingerprint density at radius 3 is 2.62 bits per heavy atom. The minimum atomic E-state index is -3.79. The van der Waals surface area contributed by atoms with Gasteiger partial charge in [-0.3, -0.25) is 9.78 Å². The second-order valence-corrected chi connectivity index (χ2v) is 9.68. The summed E-state index contributed by atoms with van der Waals surface area (Å²) in [6, 6.07) is 8.84. The second kappa shape index (κ2) is 8.19. The number of benzene rings is 1. The van der Waals surface area contributed by atoms with Crippen molar-refractivity contribution in [2.45, 2.75) is 23.8 Å². The van der Waals surface area contributed by atoms with Gasteiger partial charge in [0.2, 0.25) is 15.9 Å². The van der Waals surface area contributed by atoms with E-state index in [4.69, 9.17) is 11.6 Å². The molecular formula is C19H17ClN4O3S2. The average Bonchev–Trinajstić information content (AvgIpc) is 3.39. The Bertz CT molecular complexity index is 1120. The molecule has 0 radical (unpaired) electrons. The SMILES string of the molecule is O=C(Nc1nc(-c2ccncc2)cs1)C1CCCN1S(=O)(=O)c1ccc(Cl)cc1. The largest absolute Gasteiger partial charge is 0.301 e. The van der Waals surface area contributed by atoms with E-state index in [1.807, 2.05) is 17.5 Å². The first-order valence-electron chi connectivity index (χ1n) is 8.89. The van der Waals surface area contributed by atoms with Gasteiger partial charge < -0.3 is 5.32 Å². The summed E-state index contributed by atoms with van der Waals surface area (Å²) in [5.41, 5.74) is 1.62. The van der Waals surface area contributed by atoms with E-state index < -0.39 is 16.1 Å². The topological polar surface area (TPSA) is 92.3 Å². The maximum Gasteiger partial charge on any atom is 0.244 e. The summed E-state index contributed by atoms with van der Waals surface area (Å²) in [6.45, 7) is 0.295. The van der Waals surface area contributed by atoms with Crippen molar-refractivity contribution in [1.29, 1.82) is 0 Å². The van der Waals surface area contributed by atoms with Crippen LogP contribution in [-0.4, -0.2) is 41.2 Å². The molecule has 0 saturated carbocycles. The molecule has 1 aliphatic heterocycles. The fourth-order valence-corrected chi connectivity index (χ4v) is 5.71. The van der Waals surface area contributed by atoms with Crippen LogP contribution in [0.15, 0.2) is 59.1 Å². The zero-order valence-corrected chi connectivity index (χ0v) is 17.5. The fraction of sp³-hybridized carbons (Fsp3) is 0.211. The third-order valence-electron chi connectivity index (χ3n) is 4.64. The second-order valence-electron chi connectivity index (χ2n) is 6.49. The molecule has 29 heavy (non-hydrogen) atoms. The summed E-state index contributed by atoms with van der Waals surface area (Å²) < 4.78 is 27.2. The van der Waals surface area contributed by atoms with E-state index in [1.165, 1.54) is 39.9 Å². The van der Waals surface area contributed by atoms with Crippen LogP contribution < -0.4 is 5.32 Å². The summed E-state index contributed by atoms with van der Waals surface area (Å²) in [5.74, 6) is -0.379. The molecule has 0 bridgehead atoms. The Labute approximate surface area is 177 Å². The molecule has 1 aromatic carbocycles. The predicted octanol–water partition coefficient (Wildman–Crippen LogP) is 3.65. The van der Waals surface area contributed by atoms with E-state index >= 15 is 0 Å². The lowest BCUT2D eigenvalue weighted by Crippen LogP contribution is -2.43. The Morgan fingerprint density at radius 2 is 1.90 bits per heavy atom. The van der Waals surface area contributed by atoms with Crippen LogP contribution in [0, 0.1) is 0 Å². The molecule has 0 aliphatic carbocycles. The summed E-state index contributed by atoms with van der Waals surface area (Å²) >= 11 is 7.15. The standard InChI is InChI=1S/C19H17ClN4O3S2/c20-14-3-5-15(6-4-14)29(26,27)24-11-1-2-17(24)18(25)23-19-22-16(12-28-19)13-7-9-21-10-8-13/h3-10,12,17H,1-2,11H2,(H,22,23,25). The van der Waals surface area contributed by atoms with Gasteiger partial charge in [-0.15, -0.1) is 11.3 Å². The first kappa shape index (κ1) is 20.0. The molecule has 1 saturated heterocycles. The van der Waals surface area contributed by atoms with Crippen LogP contribution in [0.2, 0.25) is 5.02 Å². The molecule has 7 nitrogen and oxygen atoms in total. The van der Waals surface area contributed by atoms with Crippen LogP contribution in [0.3, 0.4) is 0 Å². The lowest BCUT2D eigenvalue weighted by Gasteiger charge is -2.23. The van der Waals surface area contributed by atoms with Crippen molar-refractivity contribution in [1.82, 2.24) is 14.3 Å². The van der Waals surface area contributed by atoms with Gasteiger partial charge in [-0.25, -0.2) is 13.4 Å². The third kappa shape index (κ3) is 4.18. The quantitative estimate of drug-likeness (QED) is 0.643. The number of thiazole rings is 1. The predicted molar refractivity (Wildman–Crippen MR) is 112 cm³/mol. The number of hydrogen-bond donors (Lipinski definition) is 1. The molecule has 4 rings (SSSR count). The van der Waals surface area contributed by atoms with Crippen LogP contribution in [0.1, 0.15) is 12.8 Å². The van der Waals surface area contributed by atoms with E-state index in [1.54, 1.807) is 12.4 Å². The van der Waals surface area contributed by atoms with Gasteiger partial charge in [0.25, 0.3) is 0 Å². The van der Waals surface area contributed by atoms with Gasteiger partial charge >= 0.3 is 0 Å². The molecule has 1 fully saturated rings. The van der Waals surface area contributed by atoms with E-state index in [0.717, 1.165) is 11.3 Å². The highest BCUT2D eigenvalue weighted by molar-refractivity contribution is 7.89. The lowest BCUT2D eigenvalue weighted by molar-refractivity contribution is -0.119. The minimum Gasteiger partial charge on any atom is -0.301 e. The van der Waals surface area contributed by atoms with Gasteiger partial charge in [0.1, 0.15) is 6.04 Å². The van der Waals surface area contributed by atoms with E-state index in [9.17, 15) is 13.2 Å². The Morgan fingerprint density at radius 1 is 1.17 bits per heavy atom. The van der Waals surface area contributed by atoms with Gasteiger partial charge in [0, 0.05) is 34.9 Å². The molecule has 3 heterocycles. The maximum atomic E-state index is 13.0. The number of halogens is 1. The van der Waals surface area contributed by atoms with Crippen molar-refractivity contribution < 1.29 is 13.2 Å². The van der Waals surface area contributed by atoms with Gasteiger partial charge in [0.15, 0.2) is 5.13 Å². The number of aromatic nitrogens is 2. The van der Waals surface area contributed by atoms with E-state index in [2.05, 4.69) is 15.3 Å². The molecule has 1 atom stereocenters. The summed E-state index contributed by atoms with van der Waals surface area (Å²) in [4.78, 5) is 21.3. The van der Waals surface area contributed by atoms with Gasteiger partial charge in [-0.1, -0.05) is 11.6 Å².